The van der Waals surface area contributed by atoms with E-state index in [4.69, 9.17) is 10.5 Å². The van der Waals surface area contributed by atoms with Gasteiger partial charge in [-0.25, -0.2) is 0 Å². The second-order valence-corrected chi connectivity index (χ2v) is 12.6. The number of nitrogens with zero attached hydrogens (tertiary/aromatic N) is 2. The third-order valence-electron chi connectivity index (χ3n) is 10.3. The van der Waals surface area contributed by atoms with Gasteiger partial charge < -0.3 is 20.7 Å². The Hall–Kier alpha value is -2.43. The number of fused-ring (bicyclic) bond motifs is 1. The number of likely N-dealkylation sites (N-methyl/N-ethyl adjacent to an activating group) is 1. The number of piperidine rings is 1. The predicted octanol–water partition coefficient (Wildman–Crippen LogP) is 2.79. The smallest absolute Gasteiger partial charge is 0.324 e. The molecule has 1 aromatic carbocycles. The number of carbonyl (C=O) groups excluding carboxylic acids is 2. The van der Waals surface area contributed by atoms with Gasteiger partial charge in [0, 0.05) is 6.04 Å². The lowest BCUT2D eigenvalue weighted by Gasteiger charge is -2.62. The minimum Gasteiger partial charge on any atom is -0.458 e. The summed E-state index contributed by atoms with van der Waals surface area (Å²) >= 11 is 0. The fourth-order valence-corrected chi connectivity index (χ4v) is 8.92. The van der Waals surface area contributed by atoms with E-state index in [1.807, 2.05) is 35.2 Å². The van der Waals surface area contributed by atoms with Crippen LogP contribution in [0.2, 0.25) is 0 Å². The van der Waals surface area contributed by atoms with Gasteiger partial charge in [0.25, 0.3) is 0 Å². The van der Waals surface area contributed by atoms with Gasteiger partial charge in [-0.15, -0.1) is 0 Å². The highest BCUT2D eigenvalue weighted by Crippen LogP contribution is 2.64. The van der Waals surface area contributed by atoms with Crippen LogP contribution in [0.4, 0.5) is 0 Å². The van der Waals surface area contributed by atoms with Gasteiger partial charge in [-0.3, -0.25) is 9.59 Å². The minimum atomic E-state index is -0.645. The molecule has 3 N–H and O–H groups in total. The number of nitriles is 1. The summed E-state index contributed by atoms with van der Waals surface area (Å²) < 4.78 is 6.41. The van der Waals surface area contributed by atoms with Crippen LogP contribution in [-0.4, -0.2) is 53.6 Å². The van der Waals surface area contributed by atoms with E-state index in [2.05, 4.69) is 18.3 Å². The molecule has 7 rings (SSSR count). The van der Waals surface area contributed by atoms with Crippen LogP contribution in [0, 0.1) is 40.4 Å². The number of ether oxygens (including phenoxy) is 1. The highest BCUT2D eigenvalue weighted by Gasteiger charge is 2.65. The van der Waals surface area contributed by atoms with Crippen LogP contribution < -0.4 is 11.1 Å². The van der Waals surface area contributed by atoms with Crippen molar-refractivity contribution >= 4 is 11.9 Å². The van der Waals surface area contributed by atoms with Gasteiger partial charge in [0.1, 0.15) is 17.7 Å². The lowest BCUT2D eigenvalue weighted by atomic mass is 9.46. The van der Waals surface area contributed by atoms with Crippen LogP contribution in [0.3, 0.4) is 0 Å². The summed E-state index contributed by atoms with van der Waals surface area (Å²) in [6, 6.07) is 11.1. The van der Waals surface area contributed by atoms with E-state index < -0.39 is 17.7 Å². The number of nitrogens with two attached hydrogens (primary N) is 1. The van der Waals surface area contributed by atoms with Gasteiger partial charge in [0.15, 0.2) is 0 Å². The normalized spacial score (nSPS) is 41.3. The number of benzene rings is 1. The molecule has 8 atom stereocenters. The summed E-state index contributed by atoms with van der Waals surface area (Å²) in [4.78, 5) is 29.1. The van der Waals surface area contributed by atoms with Gasteiger partial charge in [-0.1, -0.05) is 37.3 Å². The lowest BCUT2D eigenvalue weighted by molar-refractivity contribution is -0.207. The molecule has 5 saturated carbocycles. The molecule has 0 aromatic heterocycles. The maximum atomic E-state index is 13.8. The maximum absolute atomic E-state index is 13.8. The molecule has 1 heterocycles. The molecule has 8 unspecified atom stereocenters. The van der Waals surface area contributed by atoms with Crippen LogP contribution in [0.1, 0.15) is 57.4 Å². The Balaban J connectivity index is 1.21. The SMILES string of the molecule is CNC(Cc1ccccc1)C(=O)OC12CC3CC(C1)CC(C(N)C(=O)N1C(C#N)CC4C(C)C41)(C3)C2. The highest BCUT2D eigenvalue weighted by molar-refractivity contribution is 5.85. The molecule has 5 aliphatic carbocycles. The monoisotopic (exact) mass is 490 g/mol. The van der Waals surface area contributed by atoms with Crippen LogP contribution in [-0.2, 0) is 20.7 Å². The molecule has 1 aromatic rings. The molecule has 0 radical (unpaired) electrons. The van der Waals surface area contributed by atoms with Crippen molar-refractivity contribution in [1.82, 2.24) is 10.2 Å². The van der Waals surface area contributed by atoms with Gasteiger partial charge in [0.05, 0.1) is 12.1 Å². The summed E-state index contributed by atoms with van der Waals surface area (Å²) in [6.07, 6.45) is 6.71. The Morgan fingerprint density at radius 1 is 1.19 bits per heavy atom. The first-order chi connectivity index (χ1) is 17.3. The Morgan fingerprint density at radius 3 is 2.53 bits per heavy atom. The van der Waals surface area contributed by atoms with Crippen LogP contribution in [0.15, 0.2) is 30.3 Å². The Kier molecular flexibility index (Phi) is 5.69. The molecule has 7 nitrogen and oxygen atoms in total. The topological polar surface area (TPSA) is 108 Å². The van der Waals surface area contributed by atoms with Crippen molar-refractivity contribution in [2.75, 3.05) is 7.05 Å². The van der Waals surface area contributed by atoms with E-state index in [1.165, 1.54) is 0 Å². The standard InChI is InChI=1S/C29H38N4O3/c1-17-22-10-21(15-30)33(24(17)22)26(34)25(31)28-11-19-8-20(12-28)14-29(13-19,16-28)36-27(35)23(32-2)9-18-6-4-3-5-7-18/h3-7,17,19-25,32H,8-14,16,31H2,1-2H3. The summed E-state index contributed by atoms with van der Waals surface area (Å²) in [6.45, 7) is 2.17. The third-order valence-corrected chi connectivity index (χ3v) is 10.3. The van der Waals surface area contributed by atoms with Crippen LogP contribution >= 0.6 is 0 Å². The number of hydrogen-bond donors (Lipinski definition) is 2. The molecule has 7 heteroatoms. The number of likely N-dealkylation sites (tertiary alicyclic amines) is 1. The molecule has 1 saturated heterocycles. The van der Waals surface area contributed by atoms with Crippen molar-refractivity contribution in [3.63, 3.8) is 0 Å². The molecule has 1 aliphatic heterocycles. The molecule has 6 fully saturated rings. The van der Waals surface area contributed by atoms with Gasteiger partial charge >= 0.3 is 5.97 Å². The van der Waals surface area contributed by atoms with Gasteiger partial charge in [0.2, 0.25) is 5.91 Å². The first-order valence-corrected chi connectivity index (χ1v) is 13.7. The summed E-state index contributed by atoms with van der Waals surface area (Å²) in [5.41, 5.74) is 7.06. The number of esters is 1. The van der Waals surface area contributed by atoms with Crippen molar-refractivity contribution in [3.05, 3.63) is 35.9 Å². The molecular formula is C29H38N4O3. The zero-order valence-electron chi connectivity index (χ0n) is 21.4. The number of rotatable bonds is 7. The molecular weight excluding hydrogens is 452 g/mol. The lowest BCUT2D eigenvalue weighted by Crippen LogP contribution is -2.66. The first kappa shape index (κ1) is 23.9. The number of carbonyl (C=O) groups is 2. The van der Waals surface area contributed by atoms with Crippen molar-refractivity contribution in [1.29, 1.82) is 5.26 Å². The third kappa shape index (κ3) is 3.76. The first-order valence-electron chi connectivity index (χ1n) is 13.7. The molecule has 6 aliphatic rings. The number of nitrogens with one attached hydrogen (secondary N) is 1. The zero-order valence-corrected chi connectivity index (χ0v) is 21.4. The molecule has 1 amide bonds. The van der Waals surface area contributed by atoms with Gasteiger partial charge in [-0.05, 0) is 93.1 Å². The van der Waals surface area contributed by atoms with E-state index >= 15 is 0 Å². The molecule has 4 bridgehead atoms. The second kappa shape index (κ2) is 8.56. The molecule has 0 spiro atoms. The van der Waals surface area contributed by atoms with Crippen molar-refractivity contribution in [2.24, 2.45) is 34.8 Å². The van der Waals surface area contributed by atoms with E-state index in [9.17, 15) is 14.9 Å². The van der Waals surface area contributed by atoms with E-state index in [0.29, 0.717) is 36.5 Å². The summed E-state index contributed by atoms with van der Waals surface area (Å²) in [5, 5.41) is 12.9. The second-order valence-electron chi connectivity index (χ2n) is 12.6. The largest absolute Gasteiger partial charge is 0.458 e. The van der Waals surface area contributed by atoms with Crippen molar-refractivity contribution in [3.8, 4) is 6.07 Å². The predicted molar refractivity (Wildman–Crippen MR) is 134 cm³/mol. The quantitative estimate of drug-likeness (QED) is 0.569. The Morgan fingerprint density at radius 2 is 1.89 bits per heavy atom. The average Bonchev–Trinajstić information content (AvgIpc) is 3.30. The fraction of sp³-hybridized carbons (Fsp3) is 0.690. The van der Waals surface area contributed by atoms with Crippen LogP contribution in [0.5, 0.6) is 0 Å². The Labute approximate surface area is 213 Å². The highest BCUT2D eigenvalue weighted by atomic mass is 16.6. The van der Waals surface area contributed by atoms with E-state index in [0.717, 1.165) is 44.1 Å². The zero-order chi connectivity index (χ0) is 25.2. The van der Waals surface area contributed by atoms with Crippen molar-refractivity contribution < 1.29 is 14.3 Å². The Bertz CT molecular complexity index is 1070. The van der Waals surface area contributed by atoms with E-state index in [1.54, 1.807) is 7.05 Å². The molecule has 192 valence electrons. The summed E-state index contributed by atoms with van der Waals surface area (Å²) in [7, 11) is 1.80. The van der Waals surface area contributed by atoms with E-state index in [-0.39, 0.29) is 29.4 Å². The average molecular weight is 491 g/mol. The minimum absolute atomic E-state index is 0.0565. The number of amides is 1. The van der Waals surface area contributed by atoms with Gasteiger partial charge in [-0.2, -0.15) is 5.26 Å². The van der Waals surface area contributed by atoms with Crippen molar-refractivity contribution in [2.45, 2.75) is 88.1 Å². The maximum Gasteiger partial charge on any atom is 0.324 e. The summed E-state index contributed by atoms with van der Waals surface area (Å²) in [5.74, 6) is 1.49. The fourth-order valence-electron chi connectivity index (χ4n) is 8.92. The van der Waals surface area contributed by atoms with Crippen LogP contribution in [0.25, 0.3) is 0 Å². The number of hydrogen-bond acceptors (Lipinski definition) is 6. The molecule has 36 heavy (non-hydrogen) atoms.